The van der Waals surface area contributed by atoms with Gasteiger partial charge in [0.15, 0.2) is 5.13 Å². The third-order valence-electron chi connectivity index (χ3n) is 4.39. The van der Waals surface area contributed by atoms with Gasteiger partial charge in [-0.1, -0.05) is 41.4 Å². The molecule has 2 heterocycles. The van der Waals surface area contributed by atoms with Crippen LogP contribution in [0.15, 0.2) is 65.2 Å². The number of furan rings is 1. The number of hydrogen-bond donors (Lipinski definition) is 1. The molecule has 0 saturated carbocycles. The number of aromatic nitrogens is 1. The second-order valence-electron chi connectivity index (χ2n) is 6.44. The van der Waals surface area contributed by atoms with E-state index in [1.54, 1.807) is 31.3 Å². The Bertz CT molecular complexity index is 1170. The summed E-state index contributed by atoms with van der Waals surface area (Å²) in [6.45, 7) is 1.76. The maximum Gasteiger partial charge on any atom is 0.261 e. The fraction of sp³-hybridized carbons (Fsp3) is 0.0909. The number of carbonyl (C=O) groups is 1. The molecule has 0 fully saturated rings. The molecular weight excluding hydrogens is 427 g/mol. The number of nitrogens with zero attached hydrogens (tertiary/aromatic N) is 1. The van der Waals surface area contributed by atoms with Crippen LogP contribution >= 0.6 is 34.5 Å². The average molecular weight is 443 g/mol. The van der Waals surface area contributed by atoms with E-state index in [9.17, 15) is 4.79 Å². The molecule has 4 nitrogen and oxygen atoms in total. The van der Waals surface area contributed by atoms with Crippen LogP contribution < -0.4 is 5.32 Å². The third kappa shape index (κ3) is 4.53. The van der Waals surface area contributed by atoms with Crippen molar-refractivity contribution in [2.75, 3.05) is 5.32 Å². The molecule has 0 radical (unpaired) electrons. The number of amides is 1. The molecule has 7 heteroatoms. The number of hydrogen-bond acceptors (Lipinski definition) is 4. The first-order valence-electron chi connectivity index (χ1n) is 8.85. The molecule has 0 spiro atoms. The predicted octanol–water partition coefficient (Wildman–Crippen LogP) is 6.86. The van der Waals surface area contributed by atoms with Crippen molar-refractivity contribution in [3.8, 4) is 11.3 Å². The van der Waals surface area contributed by atoms with Crippen LogP contribution in [-0.2, 0) is 6.42 Å². The van der Waals surface area contributed by atoms with Crippen LogP contribution in [0, 0.1) is 6.92 Å². The van der Waals surface area contributed by atoms with E-state index in [1.165, 1.54) is 11.3 Å². The van der Waals surface area contributed by atoms with Gasteiger partial charge in [-0.05, 0) is 48.9 Å². The van der Waals surface area contributed by atoms with E-state index in [0.717, 1.165) is 21.0 Å². The summed E-state index contributed by atoms with van der Waals surface area (Å²) >= 11 is 13.6. The number of anilines is 1. The van der Waals surface area contributed by atoms with E-state index in [2.05, 4.69) is 10.3 Å². The molecule has 0 saturated heterocycles. The Morgan fingerprint density at radius 1 is 1.14 bits per heavy atom. The van der Waals surface area contributed by atoms with Crippen LogP contribution in [0.25, 0.3) is 11.3 Å². The topological polar surface area (TPSA) is 55.1 Å². The lowest BCUT2D eigenvalue weighted by atomic mass is 10.1. The van der Waals surface area contributed by atoms with Crippen molar-refractivity contribution in [3.05, 3.63) is 92.6 Å². The zero-order chi connectivity index (χ0) is 20.4. The minimum absolute atomic E-state index is 0.259. The van der Waals surface area contributed by atoms with Crippen molar-refractivity contribution in [1.29, 1.82) is 0 Å². The quantitative estimate of drug-likeness (QED) is 0.367. The van der Waals surface area contributed by atoms with Crippen molar-refractivity contribution in [2.45, 2.75) is 13.3 Å². The first-order chi connectivity index (χ1) is 14.0. The van der Waals surface area contributed by atoms with E-state index in [-0.39, 0.29) is 5.91 Å². The highest BCUT2D eigenvalue weighted by Gasteiger charge is 2.17. The van der Waals surface area contributed by atoms with Crippen molar-refractivity contribution < 1.29 is 9.21 Å². The first kappa shape index (κ1) is 19.7. The minimum atomic E-state index is -0.259. The minimum Gasteiger partial charge on any atom is -0.461 e. The number of nitrogens with one attached hydrogen (secondary N) is 1. The summed E-state index contributed by atoms with van der Waals surface area (Å²) < 4.78 is 5.76. The van der Waals surface area contributed by atoms with Crippen molar-refractivity contribution in [3.63, 3.8) is 0 Å². The summed E-state index contributed by atoms with van der Waals surface area (Å²) in [6, 6.07) is 16.7. The Kier molecular flexibility index (Phi) is 5.72. The Morgan fingerprint density at radius 3 is 2.66 bits per heavy atom. The number of halogens is 2. The maximum absolute atomic E-state index is 12.7. The molecule has 29 heavy (non-hydrogen) atoms. The first-order valence-corrected chi connectivity index (χ1v) is 10.4. The Hall–Kier alpha value is -2.60. The number of aryl methyl sites for hydroxylation is 1. The van der Waals surface area contributed by atoms with Gasteiger partial charge in [0.2, 0.25) is 0 Å². The number of carbonyl (C=O) groups excluding carboxylic acids is 1. The SMILES string of the molecule is Cc1oc(-c2ccc(Cl)cc2)cc1C(=O)Nc1ncc(Cc2ccccc2Cl)s1. The summed E-state index contributed by atoms with van der Waals surface area (Å²) in [5.41, 5.74) is 2.35. The lowest BCUT2D eigenvalue weighted by Gasteiger charge is -2.01. The van der Waals surface area contributed by atoms with Gasteiger partial charge < -0.3 is 4.42 Å². The van der Waals surface area contributed by atoms with Gasteiger partial charge in [-0.2, -0.15) is 0 Å². The summed E-state index contributed by atoms with van der Waals surface area (Å²) in [6.07, 6.45) is 2.42. The van der Waals surface area contributed by atoms with Crippen LogP contribution in [0.3, 0.4) is 0 Å². The maximum atomic E-state index is 12.7. The van der Waals surface area contributed by atoms with Gasteiger partial charge in [-0.3, -0.25) is 10.1 Å². The number of benzene rings is 2. The molecule has 2 aromatic carbocycles. The molecule has 1 amide bonds. The van der Waals surface area contributed by atoms with Gasteiger partial charge in [-0.15, -0.1) is 11.3 Å². The highest BCUT2D eigenvalue weighted by Crippen LogP contribution is 2.28. The van der Waals surface area contributed by atoms with E-state index in [0.29, 0.717) is 33.7 Å². The molecule has 2 aromatic heterocycles. The van der Waals surface area contributed by atoms with Gasteiger partial charge in [0.25, 0.3) is 5.91 Å². The van der Waals surface area contributed by atoms with Gasteiger partial charge in [-0.25, -0.2) is 4.98 Å². The largest absolute Gasteiger partial charge is 0.461 e. The van der Waals surface area contributed by atoms with Crippen LogP contribution in [0.4, 0.5) is 5.13 Å². The van der Waals surface area contributed by atoms with E-state index >= 15 is 0 Å². The normalized spacial score (nSPS) is 10.9. The fourth-order valence-electron chi connectivity index (χ4n) is 2.90. The highest BCUT2D eigenvalue weighted by atomic mass is 35.5. The Balaban J connectivity index is 1.48. The molecule has 146 valence electrons. The van der Waals surface area contributed by atoms with Crippen molar-refractivity contribution >= 4 is 45.6 Å². The van der Waals surface area contributed by atoms with Gasteiger partial charge in [0.1, 0.15) is 11.5 Å². The van der Waals surface area contributed by atoms with E-state index in [1.807, 2.05) is 36.4 Å². The van der Waals surface area contributed by atoms with Crippen LogP contribution in [0.5, 0.6) is 0 Å². The highest BCUT2D eigenvalue weighted by molar-refractivity contribution is 7.15. The zero-order valence-corrected chi connectivity index (χ0v) is 17.7. The molecule has 1 N–H and O–H groups in total. The van der Waals surface area contributed by atoms with Crippen molar-refractivity contribution in [1.82, 2.24) is 4.98 Å². The molecular formula is C22H16Cl2N2O2S. The lowest BCUT2D eigenvalue weighted by molar-refractivity contribution is 0.102. The average Bonchev–Trinajstić information content (AvgIpc) is 3.30. The summed E-state index contributed by atoms with van der Waals surface area (Å²) in [5, 5.41) is 4.74. The molecule has 4 rings (SSSR count). The third-order valence-corrected chi connectivity index (χ3v) is 5.92. The molecule has 0 aliphatic heterocycles. The van der Waals surface area contributed by atoms with Crippen LogP contribution in [-0.4, -0.2) is 10.9 Å². The summed E-state index contributed by atoms with van der Waals surface area (Å²) in [7, 11) is 0. The second-order valence-corrected chi connectivity index (χ2v) is 8.40. The standard InChI is InChI=1S/C22H16Cl2N2O2S/c1-13-18(11-20(28-13)14-6-8-16(23)9-7-14)21(27)26-22-25-12-17(29-22)10-15-4-2-3-5-19(15)24/h2-9,11-12H,10H2,1H3,(H,25,26,27). The van der Waals surface area contributed by atoms with Crippen molar-refractivity contribution in [2.24, 2.45) is 0 Å². The van der Waals surface area contributed by atoms with Gasteiger partial charge in [0.05, 0.1) is 5.56 Å². The summed E-state index contributed by atoms with van der Waals surface area (Å²) in [4.78, 5) is 18.0. The van der Waals surface area contributed by atoms with Gasteiger partial charge >= 0.3 is 0 Å². The van der Waals surface area contributed by atoms with Crippen LogP contribution in [0.1, 0.15) is 26.6 Å². The number of thiazole rings is 1. The monoisotopic (exact) mass is 442 g/mol. The van der Waals surface area contributed by atoms with E-state index < -0.39 is 0 Å². The molecule has 0 aliphatic rings. The molecule has 0 atom stereocenters. The second kappa shape index (κ2) is 8.41. The Morgan fingerprint density at radius 2 is 1.90 bits per heavy atom. The molecule has 0 unspecified atom stereocenters. The predicted molar refractivity (Wildman–Crippen MR) is 118 cm³/mol. The van der Waals surface area contributed by atoms with Crippen LogP contribution in [0.2, 0.25) is 10.0 Å². The smallest absolute Gasteiger partial charge is 0.261 e. The molecule has 0 aliphatic carbocycles. The zero-order valence-electron chi connectivity index (χ0n) is 15.4. The van der Waals surface area contributed by atoms with E-state index in [4.69, 9.17) is 27.6 Å². The number of rotatable bonds is 5. The Labute approximate surface area is 182 Å². The summed E-state index contributed by atoms with van der Waals surface area (Å²) in [5.74, 6) is 0.897. The molecule has 0 bridgehead atoms. The molecule has 4 aromatic rings. The lowest BCUT2D eigenvalue weighted by Crippen LogP contribution is -2.11. The fourth-order valence-corrected chi connectivity index (χ4v) is 4.06. The van der Waals surface area contributed by atoms with Gasteiger partial charge in [0, 0.05) is 33.1 Å².